The van der Waals surface area contributed by atoms with Crippen molar-refractivity contribution >= 4 is 15.9 Å². The molecule has 0 aromatic heterocycles. The monoisotopic (exact) mass is 308 g/mol. The van der Waals surface area contributed by atoms with E-state index >= 15 is 0 Å². The van der Waals surface area contributed by atoms with Crippen LogP contribution in [-0.2, 0) is 9.47 Å². The lowest BCUT2D eigenvalue weighted by molar-refractivity contribution is -0.279. The van der Waals surface area contributed by atoms with E-state index in [0.29, 0.717) is 6.61 Å². The largest absolute Gasteiger partial charge is 0.431 e. The molecule has 1 unspecified atom stereocenters. The van der Waals surface area contributed by atoms with Crippen molar-refractivity contribution in [1.82, 2.24) is 0 Å². The first-order chi connectivity index (χ1) is 8.08. The van der Waals surface area contributed by atoms with E-state index in [1.165, 1.54) is 12.1 Å². The summed E-state index contributed by atoms with van der Waals surface area (Å²) < 4.78 is 42.6. The predicted octanol–water partition coefficient (Wildman–Crippen LogP) is 2.84. The molecule has 1 heterocycles. The summed E-state index contributed by atoms with van der Waals surface area (Å²) in [4.78, 5) is 0. The van der Waals surface area contributed by atoms with E-state index in [4.69, 9.17) is 9.47 Å². The molecule has 0 saturated carbocycles. The molecule has 6 heteroatoms. The molecule has 2 rings (SSSR count). The fraction of sp³-hybridized carbons (Fsp3) is 0.455. The quantitative estimate of drug-likeness (QED) is 0.859. The molecule has 1 saturated heterocycles. The lowest BCUT2D eigenvalue weighted by atomic mass is 10.3. The summed E-state index contributed by atoms with van der Waals surface area (Å²) in [6, 6.07) is 6.18. The molecule has 17 heavy (non-hydrogen) atoms. The van der Waals surface area contributed by atoms with Gasteiger partial charge < -0.3 is 14.2 Å². The molecule has 1 aliphatic heterocycles. The van der Waals surface area contributed by atoms with Gasteiger partial charge in [0.15, 0.2) is 6.10 Å². The molecule has 1 atom stereocenters. The van der Waals surface area contributed by atoms with Gasteiger partial charge in [0.1, 0.15) is 5.75 Å². The first-order valence-corrected chi connectivity index (χ1v) is 5.89. The fourth-order valence-corrected chi connectivity index (χ4v) is 1.67. The number of ether oxygens (including phenoxy) is 3. The molecule has 0 radical (unpaired) electrons. The van der Waals surface area contributed by atoms with Gasteiger partial charge in [0, 0.05) is 4.47 Å². The Morgan fingerprint density at radius 2 is 1.94 bits per heavy atom. The van der Waals surface area contributed by atoms with Crippen LogP contribution in [0.5, 0.6) is 5.75 Å². The van der Waals surface area contributed by atoms with Crippen LogP contribution in [-0.4, -0.2) is 32.0 Å². The summed E-state index contributed by atoms with van der Waals surface area (Å²) in [6.45, 7) is 0.332. The van der Waals surface area contributed by atoms with Crippen molar-refractivity contribution in [3.05, 3.63) is 28.7 Å². The first kappa shape index (κ1) is 12.7. The summed E-state index contributed by atoms with van der Waals surface area (Å²) in [6.07, 6.45) is -4.76. The smallest absolute Gasteiger partial charge is 0.427 e. The number of halogens is 3. The molecule has 94 valence electrons. The third kappa shape index (κ3) is 3.37. The Morgan fingerprint density at radius 1 is 1.24 bits per heavy atom. The number of benzene rings is 1. The maximum absolute atomic E-state index is 13.7. The van der Waals surface area contributed by atoms with Crippen LogP contribution in [0.1, 0.15) is 0 Å². The van der Waals surface area contributed by atoms with Gasteiger partial charge in [-0.05, 0) is 24.3 Å². The third-order valence-electron chi connectivity index (χ3n) is 2.26. The Balaban J connectivity index is 2.02. The zero-order valence-electron chi connectivity index (χ0n) is 8.87. The van der Waals surface area contributed by atoms with Crippen LogP contribution >= 0.6 is 15.9 Å². The predicted molar refractivity (Wildman–Crippen MR) is 60.3 cm³/mol. The molecule has 1 aliphatic rings. The van der Waals surface area contributed by atoms with Crippen molar-refractivity contribution in [2.45, 2.75) is 12.2 Å². The minimum absolute atomic E-state index is 0.0902. The highest BCUT2D eigenvalue weighted by atomic mass is 79.9. The molecule has 3 nitrogen and oxygen atoms in total. The molecule has 0 bridgehead atoms. The Labute approximate surface area is 106 Å². The van der Waals surface area contributed by atoms with Crippen LogP contribution in [0.25, 0.3) is 0 Å². The Kier molecular flexibility index (Phi) is 3.96. The second kappa shape index (κ2) is 5.29. The van der Waals surface area contributed by atoms with Crippen LogP contribution in [0.3, 0.4) is 0 Å². The SMILES string of the molecule is FC(F)(Oc1ccc(Br)cc1)C1COCCO1. The van der Waals surface area contributed by atoms with Gasteiger partial charge in [-0.2, -0.15) is 8.78 Å². The summed E-state index contributed by atoms with van der Waals surface area (Å²) in [5.74, 6) is 0.0902. The van der Waals surface area contributed by atoms with Crippen LogP contribution in [0.15, 0.2) is 28.7 Å². The second-order valence-electron chi connectivity index (χ2n) is 3.55. The molecule has 0 aliphatic carbocycles. The van der Waals surface area contributed by atoms with Gasteiger partial charge in [0.05, 0.1) is 19.8 Å². The third-order valence-corrected chi connectivity index (χ3v) is 2.79. The highest BCUT2D eigenvalue weighted by molar-refractivity contribution is 9.10. The second-order valence-corrected chi connectivity index (χ2v) is 4.47. The Morgan fingerprint density at radius 3 is 2.53 bits per heavy atom. The summed E-state index contributed by atoms with van der Waals surface area (Å²) >= 11 is 3.21. The minimum atomic E-state index is -3.39. The minimum Gasteiger partial charge on any atom is -0.431 e. The molecule has 0 amide bonds. The maximum Gasteiger partial charge on any atom is 0.427 e. The van der Waals surface area contributed by atoms with E-state index in [2.05, 4.69) is 20.7 Å². The number of alkyl halides is 2. The molecule has 0 N–H and O–H groups in total. The van der Waals surface area contributed by atoms with Crippen molar-refractivity contribution in [2.24, 2.45) is 0 Å². The van der Waals surface area contributed by atoms with Crippen molar-refractivity contribution in [1.29, 1.82) is 0 Å². The van der Waals surface area contributed by atoms with Crippen molar-refractivity contribution in [3.63, 3.8) is 0 Å². The maximum atomic E-state index is 13.7. The van der Waals surface area contributed by atoms with E-state index in [0.717, 1.165) is 4.47 Å². The number of hydrogen-bond acceptors (Lipinski definition) is 3. The average molecular weight is 309 g/mol. The molecular formula is C11H11BrF2O3. The first-order valence-electron chi connectivity index (χ1n) is 5.10. The van der Waals surface area contributed by atoms with Gasteiger partial charge in [-0.15, -0.1) is 0 Å². The summed E-state index contributed by atoms with van der Waals surface area (Å²) in [5, 5.41) is 0. The van der Waals surface area contributed by atoms with Crippen molar-refractivity contribution in [3.8, 4) is 5.75 Å². The fourth-order valence-electron chi connectivity index (χ4n) is 1.41. The summed E-state index contributed by atoms with van der Waals surface area (Å²) in [5.41, 5.74) is 0. The number of hydrogen-bond donors (Lipinski definition) is 0. The molecule has 1 aromatic carbocycles. The van der Waals surface area contributed by atoms with Crippen LogP contribution in [0.4, 0.5) is 8.78 Å². The van der Waals surface area contributed by atoms with Gasteiger partial charge in [-0.25, -0.2) is 0 Å². The Bertz CT molecular complexity index is 363. The van der Waals surface area contributed by atoms with E-state index in [-0.39, 0.29) is 19.0 Å². The van der Waals surface area contributed by atoms with E-state index in [1.807, 2.05) is 0 Å². The van der Waals surface area contributed by atoms with Gasteiger partial charge in [0.25, 0.3) is 0 Å². The Hall–Kier alpha value is -0.720. The number of rotatable bonds is 3. The van der Waals surface area contributed by atoms with Crippen LogP contribution in [0, 0.1) is 0 Å². The summed E-state index contributed by atoms with van der Waals surface area (Å²) in [7, 11) is 0. The van der Waals surface area contributed by atoms with E-state index in [1.54, 1.807) is 12.1 Å². The van der Waals surface area contributed by atoms with Crippen molar-refractivity contribution < 1.29 is 23.0 Å². The van der Waals surface area contributed by atoms with Gasteiger partial charge in [-0.1, -0.05) is 15.9 Å². The van der Waals surface area contributed by atoms with Gasteiger partial charge >= 0.3 is 6.11 Å². The van der Waals surface area contributed by atoms with Crippen LogP contribution in [0.2, 0.25) is 0 Å². The zero-order valence-corrected chi connectivity index (χ0v) is 10.5. The normalized spacial score (nSPS) is 21.2. The molecule has 1 aromatic rings. The molecular weight excluding hydrogens is 298 g/mol. The highest BCUT2D eigenvalue weighted by Crippen LogP contribution is 2.28. The highest BCUT2D eigenvalue weighted by Gasteiger charge is 2.44. The van der Waals surface area contributed by atoms with Crippen LogP contribution < -0.4 is 4.74 Å². The van der Waals surface area contributed by atoms with E-state index in [9.17, 15) is 8.78 Å². The molecule has 0 spiro atoms. The van der Waals surface area contributed by atoms with Gasteiger partial charge in [-0.3, -0.25) is 0 Å². The average Bonchev–Trinajstić information content (AvgIpc) is 2.33. The van der Waals surface area contributed by atoms with Gasteiger partial charge in [0.2, 0.25) is 0 Å². The zero-order chi connectivity index (χ0) is 12.3. The van der Waals surface area contributed by atoms with Crippen molar-refractivity contribution in [2.75, 3.05) is 19.8 Å². The molecule has 1 fully saturated rings. The lowest BCUT2D eigenvalue weighted by Crippen LogP contribution is -2.47. The topological polar surface area (TPSA) is 27.7 Å². The standard InChI is InChI=1S/C11H11BrF2O3/c12-8-1-3-9(4-2-8)17-11(13,14)10-7-15-5-6-16-10/h1-4,10H,5-7H2. The lowest BCUT2D eigenvalue weighted by Gasteiger charge is -2.29. The van der Waals surface area contributed by atoms with E-state index < -0.39 is 12.2 Å².